The third-order valence-corrected chi connectivity index (χ3v) is 2.97. The summed E-state index contributed by atoms with van der Waals surface area (Å²) in [6, 6.07) is 14.0. The van der Waals surface area contributed by atoms with Crippen molar-refractivity contribution < 1.29 is 18.0 Å². The van der Waals surface area contributed by atoms with Crippen LogP contribution in [-0.4, -0.2) is 5.91 Å². The van der Waals surface area contributed by atoms with Crippen molar-refractivity contribution in [3.8, 4) is 0 Å². The van der Waals surface area contributed by atoms with E-state index in [1.165, 1.54) is 18.2 Å². The summed E-state index contributed by atoms with van der Waals surface area (Å²) in [6.45, 7) is 0.177. The number of hydrogen-bond donors (Lipinski definition) is 1. The summed E-state index contributed by atoms with van der Waals surface area (Å²) in [5.41, 5.74) is 0.799. The zero-order valence-corrected chi connectivity index (χ0v) is 11.6. The van der Waals surface area contributed by atoms with Gasteiger partial charge in [-0.25, -0.2) is 0 Å². The first kappa shape index (κ1) is 15.8. The Hall–Kier alpha value is -2.56. The lowest BCUT2D eigenvalue weighted by molar-refractivity contribution is -0.137. The molecule has 0 fully saturated rings. The van der Waals surface area contributed by atoms with Gasteiger partial charge in [0.25, 0.3) is 0 Å². The van der Waals surface area contributed by atoms with Crippen LogP contribution in [0.2, 0.25) is 0 Å². The van der Waals surface area contributed by atoms with Gasteiger partial charge in [0.05, 0.1) is 5.56 Å². The minimum Gasteiger partial charge on any atom is -0.348 e. The van der Waals surface area contributed by atoms with E-state index in [1.807, 2.05) is 30.3 Å². The molecular formula is C17H14F3NO. The van der Waals surface area contributed by atoms with Crippen LogP contribution < -0.4 is 5.32 Å². The van der Waals surface area contributed by atoms with Crippen LogP contribution in [0.1, 0.15) is 16.7 Å². The lowest BCUT2D eigenvalue weighted by Crippen LogP contribution is -2.20. The average molecular weight is 305 g/mol. The van der Waals surface area contributed by atoms with Gasteiger partial charge < -0.3 is 5.32 Å². The monoisotopic (exact) mass is 305 g/mol. The van der Waals surface area contributed by atoms with Crippen LogP contribution in [0.5, 0.6) is 0 Å². The van der Waals surface area contributed by atoms with Crippen molar-refractivity contribution in [2.24, 2.45) is 0 Å². The normalized spacial score (nSPS) is 11.6. The summed E-state index contributed by atoms with van der Waals surface area (Å²) in [7, 11) is 0. The molecule has 114 valence electrons. The molecular weight excluding hydrogens is 291 g/mol. The summed E-state index contributed by atoms with van der Waals surface area (Å²) >= 11 is 0. The highest BCUT2D eigenvalue weighted by molar-refractivity contribution is 5.91. The first-order chi connectivity index (χ1) is 10.4. The second kappa shape index (κ2) is 6.93. The summed E-state index contributed by atoms with van der Waals surface area (Å²) in [5, 5.41) is 2.62. The third-order valence-electron chi connectivity index (χ3n) is 2.97. The van der Waals surface area contributed by atoms with Crippen molar-refractivity contribution in [3.63, 3.8) is 0 Å². The molecule has 0 aliphatic rings. The van der Waals surface area contributed by atoms with E-state index in [9.17, 15) is 18.0 Å². The van der Waals surface area contributed by atoms with Gasteiger partial charge in [0.2, 0.25) is 5.91 Å². The van der Waals surface area contributed by atoms with Gasteiger partial charge in [0, 0.05) is 12.6 Å². The third kappa shape index (κ3) is 4.77. The van der Waals surface area contributed by atoms with Crippen molar-refractivity contribution >= 4 is 12.0 Å². The molecule has 0 aromatic heterocycles. The Morgan fingerprint density at radius 1 is 1.00 bits per heavy atom. The molecule has 0 unspecified atom stereocenters. The number of carbonyl (C=O) groups is 1. The van der Waals surface area contributed by atoms with Gasteiger partial charge >= 0.3 is 6.18 Å². The molecule has 2 nitrogen and oxygen atoms in total. The number of alkyl halides is 3. The second-order valence-corrected chi connectivity index (χ2v) is 4.66. The largest absolute Gasteiger partial charge is 0.416 e. The molecule has 1 N–H and O–H groups in total. The maximum Gasteiger partial charge on any atom is 0.416 e. The quantitative estimate of drug-likeness (QED) is 0.849. The number of carbonyl (C=O) groups excluding carboxylic acids is 1. The Morgan fingerprint density at radius 3 is 2.23 bits per heavy atom. The zero-order chi connectivity index (χ0) is 16.0. The van der Waals surface area contributed by atoms with Crippen molar-refractivity contribution in [2.45, 2.75) is 12.7 Å². The molecule has 22 heavy (non-hydrogen) atoms. The molecule has 0 heterocycles. The molecule has 0 bridgehead atoms. The highest BCUT2D eigenvalue weighted by atomic mass is 19.4. The van der Waals surface area contributed by atoms with Gasteiger partial charge in [-0.15, -0.1) is 0 Å². The average Bonchev–Trinajstić information content (AvgIpc) is 2.51. The number of hydrogen-bond acceptors (Lipinski definition) is 1. The number of amides is 1. The van der Waals surface area contributed by atoms with Crippen LogP contribution in [0.3, 0.4) is 0 Å². The van der Waals surface area contributed by atoms with Gasteiger partial charge in [-0.3, -0.25) is 4.79 Å². The summed E-state index contributed by atoms with van der Waals surface area (Å²) < 4.78 is 37.2. The summed E-state index contributed by atoms with van der Waals surface area (Å²) in [6.07, 6.45) is -1.29. The SMILES string of the molecule is O=C(C=Cc1ccccc1)NCc1ccc(C(F)(F)F)cc1. The molecule has 0 atom stereocenters. The zero-order valence-electron chi connectivity index (χ0n) is 11.6. The number of nitrogens with one attached hydrogen (secondary N) is 1. The van der Waals surface area contributed by atoms with Crippen molar-refractivity contribution in [1.82, 2.24) is 5.32 Å². The lowest BCUT2D eigenvalue weighted by Gasteiger charge is -2.07. The van der Waals surface area contributed by atoms with E-state index in [1.54, 1.807) is 6.08 Å². The summed E-state index contributed by atoms with van der Waals surface area (Å²) in [5.74, 6) is -0.302. The molecule has 1 amide bonds. The molecule has 0 radical (unpaired) electrons. The lowest BCUT2D eigenvalue weighted by atomic mass is 10.1. The maximum absolute atomic E-state index is 12.4. The first-order valence-corrected chi connectivity index (χ1v) is 6.62. The van der Waals surface area contributed by atoms with E-state index >= 15 is 0 Å². The Balaban J connectivity index is 1.87. The van der Waals surface area contributed by atoms with Gasteiger partial charge in [-0.2, -0.15) is 13.2 Å². The van der Waals surface area contributed by atoms with Crippen molar-refractivity contribution in [3.05, 3.63) is 77.4 Å². The predicted molar refractivity (Wildman–Crippen MR) is 78.8 cm³/mol. The molecule has 2 rings (SSSR count). The number of halogens is 3. The molecule has 0 saturated heterocycles. The molecule has 0 spiro atoms. The Bertz CT molecular complexity index is 646. The van der Waals surface area contributed by atoms with Crippen LogP contribution in [0.25, 0.3) is 6.08 Å². The standard InChI is InChI=1S/C17H14F3NO/c18-17(19,20)15-9-6-14(7-10-15)12-21-16(22)11-8-13-4-2-1-3-5-13/h1-11H,12H2,(H,21,22). The molecule has 0 saturated carbocycles. The van der Waals surface area contributed by atoms with E-state index in [0.717, 1.165) is 17.7 Å². The van der Waals surface area contributed by atoms with Crippen molar-refractivity contribution in [1.29, 1.82) is 0 Å². The van der Waals surface area contributed by atoms with Crippen LogP contribution in [0.4, 0.5) is 13.2 Å². The van der Waals surface area contributed by atoms with Crippen LogP contribution in [-0.2, 0) is 17.5 Å². The van der Waals surface area contributed by atoms with Gasteiger partial charge in [0.1, 0.15) is 0 Å². The fraction of sp³-hybridized carbons (Fsp3) is 0.118. The number of rotatable bonds is 4. The van der Waals surface area contributed by atoms with E-state index in [-0.39, 0.29) is 12.5 Å². The topological polar surface area (TPSA) is 29.1 Å². The van der Waals surface area contributed by atoms with Gasteiger partial charge in [-0.05, 0) is 29.3 Å². The van der Waals surface area contributed by atoms with Crippen molar-refractivity contribution in [2.75, 3.05) is 0 Å². The fourth-order valence-corrected chi connectivity index (χ4v) is 1.80. The van der Waals surface area contributed by atoms with E-state index in [0.29, 0.717) is 5.56 Å². The van der Waals surface area contributed by atoms with Crippen LogP contribution in [0.15, 0.2) is 60.7 Å². The minimum atomic E-state index is -4.35. The van der Waals surface area contributed by atoms with E-state index < -0.39 is 11.7 Å². The highest BCUT2D eigenvalue weighted by Crippen LogP contribution is 2.28. The van der Waals surface area contributed by atoms with E-state index in [2.05, 4.69) is 5.32 Å². The maximum atomic E-state index is 12.4. The molecule has 0 aliphatic carbocycles. The smallest absolute Gasteiger partial charge is 0.348 e. The first-order valence-electron chi connectivity index (χ1n) is 6.62. The Kier molecular flexibility index (Phi) is 4.99. The fourth-order valence-electron chi connectivity index (χ4n) is 1.80. The number of benzene rings is 2. The van der Waals surface area contributed by atoms with Gasteiger partial charge in [-0.1, -0.05) is 42.5 Å². The predicted octanol–water partition coefficient (Wildman–Crippen LogP) is 4.04. The van der Waals surface area contributed by atoms with Crippen LogP contribution in [0, 0.1) is 0 Å². The molecule has 5 heteroatoms. The minimum absolute atomic E-state index is 0.177. The summed E-state index contributed by atoms with van der Waals surface area (Å²) in [4.78, 5) is 11.6. The molecule has 0 aliphatic heterocycles. The molecule has 2 aromatic carbocycles. The molecule has 2 aromatic rings. The van der Waals surface area contributed by atoms with Crippen LogP contribution >= 0.6 is 0 Å². The highest BCUT2D eigenvalue weighted by Gasteiger charge is 2.29. The Labute approximate surface area is 126 Å². The Morgan fingerprint density at radius 2 is 1.64 bits per heavy atom. The second-order valence-electron chi connectivity index (χ2n) is 4.66. The van der Waals surface area contributed by atoms with Gasteiger partial charge in [0.15, 0.2) is 0 Å². The van der Waals surface area contributed by atoms with E-state index in [4.69, 9.17) is 0 Å².